The van der Waals surface area contributed by atoms with E-state index in [1.807, 2.05) is 0 Å². The molecule has 3 aromatic heterocycles. The average molecular weight is 1450 g/mol. The molecule has 3 nitrogen and oxygen atoms in total. The van der Waals surface area contributed by atoms with Crippen molar-refractivity contribution >= 4 is 103 Å². The Hall–Kier alpha value is -13.6. The van der Waals surface area contributed by atoms with Gasteiger partial charge in [0.2, 0.25) is 0 Å². The molecular weight excluding hydrogens is 1380 g/mol. The van der Waals surface area contributed by atoms with E-state index in [0.717, 1.165) is 16.6 Å². The SMILES string of the molecule is Brc1cccc(-c2ccc3c4c(cccc24)-c2ccccc2-3)c1.c1ccc(-n2c3ccccc3c3cc(-c4ccc5c(c4)-c4ccccc4C5)ccc32)cc1.c1ccc(-n2c3ccccc3c3cc(-c4ccc5c(c4)c4ccccc4n5-c4cccc(-c5ccc6c7c(cccc57)-c5ccccc5-6)c4)ccc32)cc1. The lowest BCUT2D eigenvalue weighted by Crippen LogP contribution is -1.94. The first-order valence-electron chi connectivity index (χ1n) is 37.6. The van der Waals surface area contributed by atoms with E-state index in [1.165, 1.54) is 210 Å². The Kier molecular flexibility index (Phi) is 14.5. The van der Waals surface area contributed by atoms with Crippen LogP contribution in [0.3, 0.4) is 0 Å². The number of nitrogens with zero attached hydrogens (tertiary/aromatic N) is 3. The van der Waals surface area contributed by atoms with Crippen LogP contribution in [-0.2, 0) is 6.42 Å². The lowest BCUT2D eigenvalue weighted by Gasteiger charge is -2.13. The normalized spacial score (nSPS) is 12.0. The van der Waals surface area contributed by atoms with Crippen molar-refractivity contribution < 1.29 is 0 Å². The van der Waals surface area contributed by atoms with Crippen molar-refractivity contribution in [1.29, 1.82) is 0 Å². The summed E-state index contributed by atoms with van der Waals surface area (Å²) in [5.41, 5.74) is 37.2. The number of aromatic nitrogens is 3. The lowest BCUT2D eigenvalue weighted by molar-refractivity contribution is 1.18. The van der Waals surface area contributed by atoms with E-state index in [1.54, 1.807) is 0 Å². The zero-order valence-electron chi connectivity index (χ0n) is 59.4. The van der Waals surface area contributed by atoms with Gasteiger partial charge >= 0.3 is 0 Å². The fourth-order valence-electron chi connectivity index (χ4n) is 18.3. The Balaban J connectivity index is 0.000000112. The van der Waals surface area contributed by atoms with Gasteiger partial charge in [-0.25, -0.2) is 0 Å². The molecule has 0 bridgehead atoms. The molecule has 0 atom stereocenters. The van der Waals surface area contributed by atoms with E-state index in [-0.39, 0.29) is 0 Å². The molecule has 109 heavy (non-hydrogen) atoms. The number of hydrogen-bond donors (Lipinski definition) is 0. The van der Waals surface area contributed by atoms with Crippen molar-refractivity contribution in [2.75, 3.05) is 0 Å². The Morgan fingerprint density at radius 2 is 0.505 bits per heavy atom. The molecule has 0 fully saturated rings. The number of para-hydroxylation sites is 5. The summed E-state index contributed by atoms with van der Waals surface area (Å²) in [4.78, 5) is 0. The highest BCUT2D eigenvalue weighted by molar-refractivity contribution is 9.10. The van der Waals surface area contributed by atoms with Crippen molar-refractivity contribution in [2.24, 2.45) is 0 Å². The van der Waals surface area contributed by atoms with Gasteiger partial charge in [-0.1, -0.05) is 295 Å². The van der Waals surface area contributed by atoms with Crippen molar-refractivity contribution in [3.05, 3.63) is 404 Å². The standard InChI is InChI=1S/C52H32N2.C31H21N.C22H13Br/c1-2-13-36(14-3-1)53-48-22-8-6-18-41(48)46-31-33(24-28-50(46)53)34-25-29-51-47(32-34)42-19-7-9-23-49(42)54(51)37-15-10-12-35(30-37)38-26-27-45-40-17-5-4-16-39(40)44-21-11-20-43(38)52(44)45;1-2-9-25(10-3-1)32-30-13-7-6-12-27(30)29-20-22(16-17-31(29)32)21-14-15-24-18-23-8-4-5-11-26(23)28(24)19-21;23-15-6-3-5-14(13-15)16-11-12-21-18-8-2-1-7-17(18)20-10-4-9-19(16)22(20)21/h1-32H;1-17,19-20H,18H2;1-13H. The molecule has 508 valence electrons. The molecule has 18 aromatic carbocycles. The van der Waals surface area contributed by atoms with E-state index in [2.05, 4.69) is 418 Å². The molecule has 24 rings (SSSR count). The van der Waals surface area contributed by atoms with Crippen LogP contribution in [-0.4, -0.2) is 13.7 Å². The molecule has 3 heterocycles. The third kappa shape index (κ3) is 10.1. The first kappa shape index (κ1) is 62.7. The predicted molar refractivity (Wildman–Crippen MR) is 464 cm³/mol. The van der Waals surface area contributed by atoms with Crippen LogP contribution in [0.15, 0.2) is 393 Å². The van der Waals surface area contributed by atoms with Gasteiger partial charge in [0.1, 0.15) is 0 Å². The molecule has 0 spiro atoms. The maximum Gasteiger partial charge on any atom is 0.0541 e. The summed E-state index contributed by atoms with van der Waals surface area (Å²) < 4.78 is 8.29. The summed E-state index contributed by atoms with van der Waals surface area (Å²) in [6.45, 7) is 0. The quantitative estimate of drug-likeness (QED) is 0.151. The van der Waals surface area contributed by atoms with Crippen LogP contribution in [0.4, 0.5) is 0 Å². The first-order chi connectivity index (χ1) is 54.0. The molecule has 0 saturated carbocycles. The highest BCUT2D eigenvalue weighted by Crippen LogP contribution is 2.52. The number of hydrogen-bond acceptors (Lipinski definition) is 0. The average Bonchev–Trinajstić information content (AvgIpc) is 1.61. The van der Waals surface area contributed by atoms with Crippen LogP contribution in [0, 0.1) is 0 Å². The van der Waals surface area contributed by atoms with Gasteiger partial charge in [-0.2, -0.15) is 0 Å². The first-order valence-corrected chi connectivity index (χ1v) is 38.4. The van der Waals surface area contributed by atoms with Gasteiger partial charge in [-0.15, -0.1) is 0 Å². The van der Waals surface area contributed by atoms with Crippen molar-refractivity contribution in [3.63, 3.8) is 0 Å². The van der Waals surface area contributed by atoms with Crippen LogP contribution in [0.2, 0.25) is 0 Å². The Morgan fingerprint density at radius 1 is 0.174 bits per heavy atom. The fraction of sp³-hybridized carbons (Fsp3) is 0.00952. The minimum Gasteiger partial charge on any atom is -0.309 e. The van der Waals surface area contributed by atoms with Gasteiger partial charge < -0.3 is 13.7 Å². The summed E-state index contributed by atoms with van der Waals surface area (Å²) in [7, 11) is 0. The van der Waals surface area contributed by atoms with E-state index in [4.69, 9.17) is 0 Å². The van der Waals surface area contributed by atoms with Gasteiger partial charge in [0, 0.05) is 53.9 Å². The summed E-state index contributed by atoms with van der Waals surface area (Å²) in [6.07, 6.45) is 1.04. The van der Waals surface area contributed by atoms with Crippen LogP contribution in [0.1, 0.15) is 11.1 Å². The van der Waals surface area contributed by atoms with Gasteiger partial charge in [-0.3, -0.25) is 0 Å². The molecule has 21 aromatic rings. The third-order valence-corrected chi connectivity index (χ3v) is 23.7. The molecule has 0 aliphatic heterocycles. The van der Waals surface area contributed by atoms with Gasteiger partial charge in [0.15, 0.2) is 0 Å². The Labute approximate surface area is 639 Å². The monoisotopic (exact) mass is 1450 g/mol. The second-order valence-electron chi connectivity index (χ2n) is 29.1. The van der Waals surface area contributed by atoms with Gasteiger partial charge in [0.25, 0.3) is 0 Å². The molecular formula is C105H66BrN3. The number of rotatable bonds is 7. The molecule has 0 N–H and O–H groups in total. The second-order valence-corrected chi connectivity index (χ2v) is 30.0. The summed E-state index contributed by atoms with van der Waals surface area (Å²) in [6, 6.07) is 142. The van der Waals surface area contributed by atoms with Crippen LogP contribution in [0.25, 0.3) is 204 Å². The fourth-order valence-corrected chi connectivity index (χ4v) is 18.7. The maximum absolute atomic E-state index is 3.59. The van der Waals surface area contributed by atoms with Crippen LogP contribution < -0.4 is 0 Å². The van der Waals surface area contributed by atoms with Crippen molar-refractivity contribution in [2.45, 2.75) is 6.42 Å². The Morgan fingerprint density at radius 3 is 0.991 bits per heavy atom. The van der Waals surface area contributed by atoms with E-state index < -0.39 is 0 Å². The number of benzene rings is 18. The van der Waals surface area contributed by atoms with Crippen LogP contribution in [0.5, 0.6) is 0 Å². The summed E-state index contributed by atoms with van der Waals surface area (Å²) in [5, 5.41) is 13.0. The van der Waals surface area contributed by atoms with E-state index >= 15 is 0 Å². The number of halogens is 1. The van der Waals surface area contributed by atoms with E-state index in [0.29, 0.717) is 0 Å². The number of fused-ring (bicyclic) bond motifs is 18. The third-order valence-electron chi connectivity index (χ3n) is 23.2. The minimum atomic E-state index is 1.04. The highest BCUT2D eigenvalue weighted by atomic mass is 79.9. The largest absolute Gasteiger partial charge is 0.309 e. The highest BCUT2D eigenvalue weighted by Gasteiger charge is 2.26. The topological polar surface area (TPSA) is 14.8 Å². The molecule has 3 aliphatic rings. The van der Waals surface area contributed by atoms with E-state index in [9.17, 15) is 0 Å². The Bertz CT molecular complexity index is 7270. The lowest BCUT2D eigenvalue weighted by atomic mass is 9.94. The molecule has 0 amide bonds. The zero-order chi connectivity index (χ0) is 71.8. The van der Waals surface area contributed by atoms with Gasteiger partial charge in [-0.05, 0) is 248 Å². The minimum absolute atomic E-state index is 1.04. The summed E-state index contributed by atoms with van der Waals surface area (Å²) >= 11 is 3.59. The summed E-state index contributed by atoms with van der Waals surface area (Å²) in [5.74, 6) is 0. The van der Waals surface area contributed by atoms with Crippen LogP contribution >= 0.6 is 15.9 Å². The predicted octanol–water partition coefficient (Wildman–Crippen LogP) is 29.0. The smallest absolute Gasteiger partial charge is 0.0541 e. The molecule has 4 heteroatoms. The zero-order valence-corrected chi connectivity index (χ0v) is 61.0. The van der Waals surface area contributed by atoms with Crippen molar-refractivity contribution in [1.82, 2.24) is 13.7 Å². The molecule has 0 radical (unpaired) electrons. The molecule has 3 aliphatic carbocycles. The van der Waals surface area contributed by atoms with Gasteiger partial charge in [0.05, 0.1) is 33.1 Å². The molecule has 0 saturated heterocycles. The second kappa shape index (κ2) is 25.3. The molecule has 0 unspecified atom stereocenters. The van der Waals surface area contributed by atoms with Crippen molar-refractivity contribution in [3.8, 4) is 117 Å². The maximum atomic E-state index is 3.59.